The average molecular weight is 187 g/mol. The molecule has 0 heterocycles. The van der Waals surface area contributed by atoms with Crippen molar-refractivity contribution in [3.63, 3.8) is 0 Å². The highest BCUT2D eigenvalue weighted by molar-refractivity contribution is 4.87. The molecule has 0 saturated heterocycles. The summed E-state index contributed by atoms with van der Waals surface area (Å²) < 4.78 is 0. The fourth-order valence-corrected chi connectivity index (χ4v) is 0.697. The molecule has 0 aromatic heterocycles. The molecule has 0 rings (SSSR count). The Bertz CT molecular complexity index is 85.1. The van der Waals surface area contributed by atoms with Gasteiger partial charge in [0, 0.05) is 0 Å². The lowest BCUT2D eigenvalue weighted by Crippen LogP contribution is -2.12. The van der Waals surface area contributed by atoms with Gasteiger partial charge in [-0.3, -0.25) is 0 Å². The Kier molecular flexibility index (Phi) is 25.2. The summed E-state index contributed by atoms with van der Waals surface area (Å²) in [6.07, 6.45) is 2.40. The second-order valence-electron chi connectivity index (χ2n) is 2.86. The first kappa shape index (κ1) is 18.5. The summed E-state index contributed by atoms with van der Waals surface area (Å²) in [7, 11) is 4.19. The third-order valence-corrected chi connectivity index (χ3v) is 1.21. The van der Waals surface area contributed by atoms with E-state index in [4.69, 9.17) is 0 Å². The third-order valence-electron chi connectivity index (χ3n) is 1.21. The average Bonchev–Trinajstić information content (AvgIpc) is 2.10. The van der Waals surface area contributed by atoms with E-state index < -0.39 is 0 Å². The van der Waals surface area contributed by atoms with Crippen LogP contribution in [0.5, 0.6) is 0 Å². The van der Waals surface area contributed by atoms with Gasteiger partial charge in [-0.1, -0.05) is 33.3 Å². The second kappa shape index (κ2) is 17.7. The predicted octanol–water partition coefficient (Wildman–Crippen LogP) is 3.96. The molecule has 0 atom stereocenters. The van der Waals surface area contributed by atoms with Crippen LogP contribution in [0.3, 0.4) is 0 Å². The van der Waals surface area contributed by atoms with Crippen LogP contribution in [0.2, 0.25) is 0 Å². The van der Waals surface area contributed by atoms with E-state index >= 15 is 0 Å². The van der Waals surface area contributed by atoms with Gasteiger partial charge in [0.25, 0.3) is 0 Å². The molecule has 0 aromatic rings. The molecule has 0 unspecified atom stereocenters. The number of nitrogens with zero attached hydrogens (tertiary/aromatic N) is 1. The van der Waals surface area contributed by atoms with Gasteiger partial charge in [-0.25, -0.2) is 0 Å². The molecular formula is C12H29N. The van der Waals surface area contributed by atoms with Crippen LogP contribution in [0, 0.1) is 0 Å². The van der Waals surface area contributed by atoms with Crippen molar-refractivity contribution in [3.8, 4) is 0 Å². The molecule has 82 valence electrons. The summed E-state index contributed by atoms with van der Waals surface area (Å²) in [4.78, 5) is 2.20. The van der Waals surface area contributed by atoms with E-state index in [-0.39, 0.29) is 0 Å². The van der Waals surface area contributed by atoms with Crippen molar-refractivity contribution in [2.24, 2.45) is 0 Å². The summed E-state index contributed by atoms with van der Waals surface area (Å²) in [6, 6.07) is 0. The van der Waals surface area contributed by atoms with Gasteiger partial charge in [0.1, 0.15) is 0 Å². The van der Waals surface area contributed by atoms with E-state index in [9.17, 15) is 0 Å². The zero-order valence-electron chi connectivity index (χ0n) is 10.8. The Hall–Kier alpha value is -0.300. The molecule has 0 aliphatic heterocycles. The largest absolute Gasteiger partial charge is 0.309 e. The maximum absolute atomic E-state index is 3.83. The zero-order chi connectivity index (χ0) is 11.3. The standard InChI is InChI=1S/C8H17N.2C2H6/c1-8(2)6-5-7-9(3)4;2*1-2/h1,5-7H2,2-4H3;2*1-2H3. The minimum Gasteiger partial charge on any atom is -0.309 e. The minimum absolute atomic E-state index is 1.16. The van der Waals surface area contributed by atoms with Crippen LogP contribution in [0.4, 0.5) is 0 Å². The first-order valence-corrected chi connectivity index (χ1v) is 5.42. The molecule has 0 aliphatic carbocycles. The summed E-state index contributed by atoms with van der Waals surface area (Å²) in [5.74, 6) is 0. The van der Waals surface area contributed by atoms with Crippen molar-refractivity contribution in [3.05, 3.63) is 12.2 Å². The van der Waals surface area contributed by atoms with Gasteiger partial charge in [0.15, 0.2) is 0 Å². The first-order chi connectivity index (χ1) is 6.13. The molecule has 0 radical (unpaired) electrons. The lowest BCUT2D eigenvalue weighted by Gasteiger charge is -2.07. The molecule has 0 spiro atoms. The molecule has 1 heteroatoms. The second-order valence-corrected chi connectivity index (χ2v) is 2.86. The molecule has 0 saturated carbocycles. The summed E-state index contributed by atoms with van der Waals surface area (Å²) in [5, 5.41) is 0. The molecule has 13 heavy (non-hydrogen) atoms. The highest BCUT2D eigenvalue weighted by Crippen LogP contribution is 1.99. The Morgan fingerprint density at radius 2 is 1.46 bits per heavy atom. The minimum atomic E-state index is 1.16. The van der Waals surface area contributed by atoms with Gasteiger partial charge in [-0.15, -0.1) is 6.58 Å². The normalized spacial score (nSPS) is 8.00. The van der Waals surface area contributed by atoms with E-state index in [0.29, 0.717) is 0 Å². The number of hydrogen-bond acceptors (Lipinski definition) is 1. The highest BCUT2D eigenvalue weighted by atomic mass is 15.0. The molecule has 0 amide bonds. The fourth-order valence-electron chi connectivity index (χ4n) is 0.697. The van der Waals surface area contributed by atoms with Crippen molar-refractivity contribution in [1.82, 2.24) is 4.90 Å². The van der Waals surface area contributed by atoms with Crippen LogP contribution in [-0.2, 0) is 0 Å². The smallest absolute Gasteiger partial charge is 0.00218 e. The van der Waals surface area contributed by atoms with Crippen LogP contribution in [-0.4, -0.2) is 25.5 Å². The van der Waals surface area contributed by atoms with Gasteiger partial charge in [-0.05, 0) is 40.4 Å². The predicted molar refractivity (Wildman–Crippen MR) is 65.3 cm³/mol. The molecule has 0 aliphatic rings. The molecule has 0 aromatic carbocycles. The van der Waals surface area contributed by atoms with E-state index in [1.165, 1.54) is 18.5 Å². The molecule has 0 fully saturated rings. The van der Waals surface area contributed by atoms with Crippen molar-refractivity contribution >= 4 is 0 Å². The lowest BCUT2D eigenvalue weighted by atomic mass is 10.2. The highest BCUT2D eigenvalue weighted by Gasteiger charge is 1.89. The Balaban J connectivity index is -0.000000218. The van der Waals surface area contributed by atoms with Crippen LogP contribution < -0.4 is 0 Å². The Morgan fingerprint density at radius 1 is 1.08 bits per heavy atom. The lowest BCUT2D eigenvalue weighted by molar-refractivity contribution is 0.400. The van der Waals surface area contributed by atoms with E-state index in [0.717, 1.165) is 6.42 Å². The number of rotatable bonds is 4. The third kappa shape index (κ3) is 33.9. The molecule has 1 nitrogen and oxygen atoms in total. The van der Waals surface area contributed by atoms with Crippen LogP contribution in [0.1, 0.15) is 47.5 Å². The number of hydrogen-bond donors (Lipinski definition) is 0. The van der Waals surface area contributed by atoms with Crippen molar-refractivity contribution in [2.75, 3.05) is 20.6 Å². The van der Waals surface area contributed by atoms with Gasteiger partial charge >= 0.3 is 0 Å². The molecule has 0 N–H and O–H groups in total. The topological polar surface area (TPSA) is 3.24 Å². The molecular weight excluding hydrogens is 158 g/mol. The fraction of sp³-hybridized carbons (Fsp3) is 0.833. The summed E-state index contributed by atoms with van der Waals surface area (Å²) >= 11 is 0. The van der Waals surface area contributed by atoms with Gasteiger partial charge < -0.3 is 4.90 Å². The first-order valence-electron chi connectivity index (χ1n) is 5.42. The monoisotopic (exact) mass is 187 g/mol. The number of allylic oxidation sites excluding steroid dienone is 1. The van der Waals surface area contributed by atoms with E-state index in [1.54, 1.807) is 0 Å². The summed E-state index contributed by atoms with van der Waals surface area (Å²) in [6.45, 7) is 15.1. The Morgan fingerprint density at radius 3 is 1.69 bits per heavy atom. The maximum atomic E-state index is 3.83. The van der Waals surface area contributed by atoms with Crippen molar-refractivity contribution in [1.29, 1.82) is 0 Å². The van der Waals surface area contributed by atoms with Crippen LogP contribution >= 0.6 is 0 Å². The van der Waals surface area contributed by atoms with E-state index in [1.807, 2.05) is 27.7 Å². The SMILES string of the molecule is C=C(C)CCCN(C)C.CC.CC. The quantitative estimate of drug-likeness (QED) is 0.602. The zero-order valence-corrected chi connectivity index (χ0v) is 10.8. The van der Waals surface area contributed by atoms with Crippen LogP contribution in [0.15, 0.2) is 12.2 Å². The van der Waals surface area contributed by atoms with E-state index in [2.05, 4.69) is 32.5 Å². The van der Waals surface area contributed by atoms with Crippen molar-refractivity contribution < 1.29 is 0 Å². The van der Waals surface area contributed by atoms with Gasteiger partial charge in [0.2, 0.25) is 0 Å². The Labute approximate surface area is 85.8 Å². The summed E-state index contributed by atoms with van der Waals surface area (Å²) in [5.41, 5.74) is 1.29. The van der Waals surface area contributed by atoms with Gasteiger partial charge in [0.05, 0.1) is 0 Å². The van der Waals surface area contributed by atoms with Crippen molar-refractivity contribution in [2.45, 2.75) is 47.5 Å². The van der Waals surface area contributed by atoms with Crippen LogP contribution in [0.25, 0.3) is 0 Å². The van der Waals surface area contributed by atoms with Gasteiger partial charge in [-0.2, -0.15) is 0 Å². The molecule has 0 bridgehead atoms. The maximum Gasteiger partial charge on any atom is -0.00218 e.